The topological polar surface area (TPSA) is 80.9 Å². The van der Waals surface area contributed by atoms with Crippen molar-refractivity contribution in [1.82, 2.24) is 0 Å². The lowest BCUT2D eigenvalue weighted by molar-refractivity contribution is 0.336. The van der Waals surface area contributed by atoms with Gasteiger partial charge in [-0.15, -0.1) is 0 Å². The van der Waals surface area contributed by atoms with Crippen molar-refractivity contribution in [1.29, 1.82) is 0 Å². The van der Waals surface area contributed by atoms with E-state index in [4.69, 9.17) is 5.11 Å². The number of phenolic OH excluding ortho intramolecular Hbond substituents is 4. The molecule has 0 unspecified atom stereocenters. The molecule has 0 aliphatic carbocycles. The van der Waals surface area contributed by atoms with Gasteiger partial charge in [0.1, 0.15) is 11.6 Å². The van der Waals surface area contributed by atoms with Crippen LogP contribution in [0.5, 0.6) is 23.0 Å². The fourth-order valence-electron chi connectivity index (χ4n) is 1.73. The Balaban J connectivity index is 2.83. The van der Waals surface area contributed by atoms with Crippen LogP contribution in [0, 0.1) is 24.4 Å². The molecule has 4 N–H and O–H groups in total. The highest BCUT2D eigenvalue weighted by Gasteiger charge is 2.25. The summed E-state index contributed by atoms with van der Waals surface area (Å²) in [5.74, 6) is -8.51. The number of hydrogen-bond donors (Lipinski definition) is 4. The van der Waals surface area contributed by atoms with Gasteiger partial charge >= 0.3 is 0 Å². The lowest BCUT2D eigenvalue weighted by Gasteiger charge is -2.12. The lowest BCUT2D eigenvalue weighted by atomic mass is 10.00. The molecule has 4 nitrogen and oxygen atoms in total. The fraction of sp³-hybridized carbons (Fsp3) is 0.0769. The minimum Gasteiger partial charge on any atom is -0.504 e. The van der Waals surface area contributed by atoms with Gasteiger partial charge < -0.3 is 20.4 Å². The SMILES string of the molecule is Cc1c(F)cc(-c2c(O)c(O)c(O)c(F)c2O)cc1F. The van der Waals surface area contributed by atoms with E-state index in [1.165, 1.54) is 6.92 Å². The average Bonchev–Trinajstić information content (AvgIpc) is 2.40. The van der Waals surface area contributed by atoms with Gasteiger partial charge in [-0.1, -0.05) is 0 Å². The normalized spacial score (nSPS) is 10.8. The molecular weight excluding hydrogens is 277 g/mol. The van der Waals surface area contributed by atoms with Gasteiger partial charge in [0, 0.05) is 5.56 Å². The molecular formula is C13H9F3O4. The van der Waals surface area contributed by atoms with E-state index in [2.05, 4.69) is 0 Å². The summed E-state index contributed by atoms with van der Waals surface area (Å²) in [5.41, 5.74) is -1.42. The highest BCUT2D eigenvalue weighted by molar-refractivity contribution is 5.81. The molecule has 7 heteroatoms. The number of phenols is 4. The molecule has 20 heavy (non-hydrogen) atoms. The van der Waals surface area contributed by atoms with Crippen LogP contribution < -0.4 is 0 Å². The number of aromatic hydroxyl groups is 4. The molecule has 0 radical (unpaired) electrons. The van der Waals surface area contributed by atoms with Crippen LogP contribution in [0.1, 0.15) is 5.56 Å². The van der Waals surface area contributed by atoms with Crippen molar-refractivity contribution >= 4 is 0 Å². The highest BCUT2D eigenvalue weighted by atomic mass is 19.1. The minimum absolute atomic E-state index is 0.295. The summed E-state index contributed by atoms with van der Waals surface area (Å²) in [6.07, 6.45) is 0. The molecule has 2 aromatic carbocycles. The Morgan fingerprint density at radius 2 is 1.25 bits per heavy atom. The number of rotatable bonds is 1. The monoisotopic (exact) mass is 286 g/mol. The van der Waals surface area contributed by atoms with Crippen LogP contribution in [0.3, 0.4) is 0 Å². The second-order valence-corrected chi connectivity index (χ2v) is 4.15. The first-order valence-electron chi connectivity index (χ1n) is 5.37. The van der Waals surface area contributed by atoms with Gasteiger partial charge in [0.05, 0.1) is 5.56 Å². The molecule has 0 saturated carbocycles. The molecule has 0 aromatic heterocycles. The van der Waals surface area contributed by atoms with Crippen molar-refractivity contribution in [2.75, 3.05) is 0 Å². The highest BCUT2D eigenvalue weighted by Crippen LogP contribution is 2.50. The summed E-state index contributed by atoms with van der Waals surface area (Å²) in [4.78, 5) is 0. The summed E-state index contributed by atoms with van der Waals surface area (Å²) in [5, 5.41) is 37.6. The molecule has 2 aromatic rings. The Morgan fingerprint density at radius 3 is 1.75 bits per heavy atom. The maximum absolute atomic E-state index is 13.5. The van der Waals surface area contributed by atoms with Crippen molar-refractivity contribution in [3.05, 3.63) is 35.1 Å². The Labute approximate surface area is 111 Å². The first kappa shape index (κ1) is 13.9. The quantitative estimate of drug-likeness (QED) is 0.480. The molecule has 0 aliphatic rings. The van der Waals surface area contributed by atoms with Crippen LogP contribution in [0.2, 0.25) is 0 Å². The zero-order valence-electron chi connectivity index (χ0n) is 10.1. The Kier molecular flexibility index (Phi) is 3.13. The van der Waals surface area contributed by atoms with E-state index in [1.807, 2.05) is 0 Å². The molecule has 0 aliphatic heterocycles. The standard InChI is InChI=1S/C13H9F3O4/c1-4-6(14)2-5(3-7(4)15)8-10(17)9(16)12(19)13(20)11(8)18/h2-3,17-20H,1H3. The predicted octanol–water partition coefficient (Wildman–Crippen LogP) is 2.90. The van der Waals surface area contributed by atoms with Crippen LogP contribution in [0.4, 0.5) is 13.2 Å². The third-order valence-electron chi connectivity index (χ3n) is 2.91. The number of benzene rings is 2. The van der Waals surface area contributed by atoms with Gasteiger partial charge in [-0.25, -0.2) is 8.78 Å². The molecule has 106 valence electrons. The largest absolute Gasteiger partial charge is 0.504 e. The van der Waals surface area contributed by atoms with Crippen LogP contribution in [0.15, 0.2) is 12.1 Å². The third-order valence-corrected chi connectivity index (χ3v) is 2.91. The van der Waals surface area contributed by atoms with Crippen LogP contribution in [-0.2, 0) is 0 Å². The summed E-state index contributed by atoms with van der Waals surface area (Å²) in [6.45, 7) is 1.17. The predicted molar refractivity (Wildman–Crippen MR) is 63.1 cm³/mol. The number of hydrogen-bond acceptors (Lipinski definition) is 4. The molecule has 0 saturated heterocycles. The van der Waals surface area contributed by atoms with Gasteiger partial charge in [0.15, 0.2) is 11.5 Å². The molecule has 2 rings (SSSR count). The smallest absolute Gasteiger partial charge is 0.211 e. The van der Waals surface area contributed by atoms with Crippen molar-refractivity contribution in [2.24, 2.45) is 0 Å². The maximum Gasteiger partial charge on any atom is 0.211 e. The van der Waals surface area contributed by atoms with Crippen LogP contribution in [-0.4, -0.2) is 20.4 Å². The van der Waals surface area contributed by atoms with Crippen molar-refractivity contribution in [3.63, 3.8) is 0 Å². The van der Waals surface area contributed by atoms with Crippen LogP contribution in [0.25, 0.3) is 11.1 Å². The van der Waals surface area contributed by atoms with E-state index < -0.39 is 51.6 Å². The Hall–Kier alpha value is -2.57. The number of halogens is 3. The van der Waals surface area contributed by atoms with E-state index >= 15 is 0 Å². The van der Waals surface area contributed by atoms with E-state index in [0.717, 1.165) is 12.1 Å². The summed E-state index contributed by atoms with van der Waals surface area (Å²) in [6, 6.07) is 1.51. The van der Waals surface area contributed by atoms with Crippen molar-refractivity contribution in [2.45, 2.75) is 6.92 Å². The van der Waals surface area contributed by atoms with E-state index in [1.54, 1.807) is 0 Å². The fourth-order valence-corrected chi connectivity index (χ4v) is 1.73. The summed E-state index contributed by atoms with van der Waals surface area (Å²) < 4.78 is 40.4. The zero-order valence-corrected chi connectivity index (χ0v) is 10.1. The Morgan fingerprint density at radius 1 is 0.750 bits per heavy atom. The summed E-state index contributed by atoms with van der Waals surface area (Å²) in [7, 11) is 0. The molecule has 0 heterocycles. The molecule has 0 spiro atoms. The van der Waals surface area contributed by atoms with E-state index in [9.17, 15) is 28.5 Å². The van der Waals surface area contributed by atoms with Gasteiger partial charge in [-0.3, -0.25) is 0 Å². The molecule has 0 fully saturated rings. The van der Waals surface area contributed by atoms with Crippen molar-refractivity contribution < 1.29 is 33.6 Å². The Bertz CT molecular complexity index is 661. The minimum atomic E-state index is -1.61. The van der Waals surface area contributed by atoms with Crippen molar-refractivity contribution in [3.8, 4) is 34.1 Å². The second kappa shape index (κ2) is 4.52. The third kappa shape index (κ3) is 1.87. The zero-order chi connectivity index (χ0) is 15.2. The van der Waals surface area contributed by atoms with Gasteiger partial charge in [-0.05, 0) is 24.6 Å². The summed E-state index contributed by atoms with van der Waals surface area (Å²) >= 11 is 0. The maximum atomic E-state index is 13.5. The first-order chi connectivity index (χ1) is 9.25. The second-order valence-electron chi connectivity index (χ2n) is 4.15. The average molecular weight is 286 g/mol. The van der Waals surface area contributed by atoms with Gasteiger partial charge in [-0.2, -0.15) is 4.39 Å². The first-order valence-corrected chi connectivity index (χ1v) is 5.37. The molecule has 0 atom stereocenters. The lowest BCUT2D eigenvalue weighted by Crippen LogP contribution is -1.93. The van der Waals surface area contributed by atoms with Gasteiger partial charge in [0.2, 0.25) is 17.3 Å². The molecule has 0 bridgehead atoms. The molecule has 0 amide bonds. The van der Waals surface area contributed by atoms with E-state index in [-0.39, 0.29) is 5.56 Å². The van der Waals surface area contributed by atoms with Gasteiger partial charge in [0.25, 0.3) is 0 Å². The van der Waals surface area contributed by atoms with Crippen LogP contribution >= 0.6 is 0 Å². The van der Waals surface area contributed by atoms with E-state index in [0.29, 0.717) is 0 Å².